The number of amides is 1. The van der Waals surface area contributed by atoms with Crippen LogP contribution in [0, 0.1) is 0 Å². The van der Waals surface area contributed by atoms with Gasteiger partial charge in [0.25, 0.3) is 11.5 Å². The van der Waals surface area contributed by atoms with Crippen LogP contribution in [-0.2, 0) is 6.54 Å². The van der Waals surface area contributed by atoms with Crippen LogP contribution in [0.3, 0.4) is 0 Å². The lowest BCUT2D eigenvalue weighted by Gasteiger charge is -2.38. The normalized spacial score (nSPS) is 15.5. The van der Waals surface area contributed by atoms with Crippen molar-refractivity contribution in [3.8, 4) is 23.0 Å². The second kappa shape index (κ2) is 10.8. The number of piperidine rings is 1. The first-order valence-corrected chi connectivity index (χ1v) is 12.8. The van der Waals surface area contributed by atoms with E-state index in [2.05, 4.69) is 22.2 Å². The number of nitrogens with one attached hydrogen (secondary N) is 1. The smallest absolute Gasteiger partial charge is 0.251 e. The van der Waals surface area contributed by atoms with Crippen molar-refractivity contribution >= 4 is 22.5 Å². The Kier molecular flexibility index (Phi) is 7.33. The maximum Gasteiger partial charge on any atom is 0.251 e. The highest BCUT2D eigenvalue weighted by Crippen LogP contribution is 2.44. The van der Waals surface area contributed by atoms with E-state index in [1.165, 1.54) is 6.07 Å². The minimum Gasteiger partial charge on any atom is -0.497 e. The van der Waals surface area contributed by atoms with Gasteiger partial charge in [-0.1, -0.05) is 0 Å². The minimum absolute atomic E-state index is 0.198. The number of hydrogen-bond acceptors (Lipinski definition) is 8. The third kappa shape index (κ3) is 4.83. The van der Waals surface area contributed by atoms with Gasteiger partial charge in [-0.25, -0.2) is 0 Å². The zero-order valence-electron chi connectivity index (χ0n) is 22.3. The number of hydrogen-bond donors (Lipinski definition) is 1. The molecule has 0 radical (unpaired) electrons. The average Bonchev–Trinajstić information content (AvgIpc) is 3.44. The van der Waals surface area contributed by atoms with Gasteiger partial charge in [-0.15, -0.1) is 0 Å². The standard InChI is InChI=1S/C28H34N4O6/c1-29-28(34)22-16-26(33)32(23-15-20(35-3)5-6-21(22)23)12-11-31-9-7-18(8-10-31)30(2)19-13-24(36-4)27-25(14-19)37-17-38-27/h5-6,13-16,18H,7-12,17H2,1-4H3,(H,29,34). The van der Waals surface area contributed by atoms with Crippen molar-refractivity contribution in [3.63, 3.8) is 0 Å². The number of carbonyl (C=O) groups excluding carboxylic acids is 1. The SMILES string of the molecule is CNC(=O)c1cc(=O)n(CCN2CCC(N(C)c3cc(OC)c4c(c3)OCO4)CC2)c2cc(OC)ccc12. The molecule has 0 saturated carbocycles. The van der Waals surface area contributed by atoms with Gasteiger partial charge < -0.3 is 38.6 Å². The molecule has 0 unspecified atom stereocenters. The van der Waals surface area contributed by atoms with Crippen molar-refractivity contribution in [3.05, 3.63) is 52.3 Å². The Hall–Kier alpha value is -3.92. The summed E-state index contributed by atoms with van der Waals surface area (Å²) >= 11 is 0. The second-order valence-electron chi connectivity index (χ2n) is 9.58. The third-order valence-corrected chi connectivity index (χ3v) is 7.59. The summed E-state index contributed by atoms with van der Waals surface area (Å²) in [7, 11) is 6.89. The molecule has 202 valence electrons. The fraction of sp³-hybridized carbons (Fsp3) is 0.429. The van der Waals surface area contributed by atoms with Crippen LogP contribution in [0.4, 0.5) is 5.69 Å². The molecular formula is C28H34N4O6. The molecule has 1 fully saturated rings. The summed E-state index contributed by atoms with van der Waals surface area (Å²) in [6, 6.07) is 11.3. The molecule has 1 amide bonds. The van der Waals surface area contributed by atoms with Crippen LogP contribution in [0.2, 0.25) is 0 Å². The first-order chi connectivity index (χ1) is 18.4. The molecule has 0 atom stereocenters. The van der Waals surface area contributed by atoms with Gasteiger partial charge >= 0.3 is 0 Å². The van der Waals surface area contributed by atoms with Gasteiger partial charge in [0.15, 0.2) is 11.5 Å². The highest BCUT2D eigenvalue weighted by Gasteiger charge is 2.26. The number of benzene rings is 2. The van der Waals surface area contributed by atoms with Crippen LogP contribution < -0.4 is 34.7 Å². The van der Waals surface area contributed by atoms with E-state index in [0.717, 1.165) is 43.5 Å². The first-order valence-electron chi connectivity index (χ1n) is 12.8. The van der Waals surface area contributed by atoms with Crippen molar-refractivity contribution in [2.45, 2.75) is 25.4 Å². The van der Waals surface area contributed by atoms with E-state index in [1.54, 1.807) is 31.9 Å². The van der Waals surface area contributed by atoms with Gasteiger partial charge in [-0.05, 0) is 25.0 Å². The Balaban J connectivity index is 1.27. The lowest BCUT2D eigenvalue weighted by atomic mass is 10.0. The van der Waals surface area contributed by atoms with Crippen molar-refractivity contribution in [2.24, 2.45) is 0 Å². The van der Waals surface area contributed by atoms with Crippen molar-refractivity contribution in [2.75, 3.05) is 59.6 Å². The van der Waals surface area contributed by atoms with Crippen LogP contribution in [0.5, 0.6) is 23.0 Å². The lowest BCUT2D eigenvalue weighted by Crippen LogP contribution is -2.44. The van der Waals surface area contributed by atoms with Crippen molar-refractivity contribution < 1.29 is 23.7 Å². The number of fused-ring (bicyclic) bond motifs is 2. The first kappa shape index (κ1) is 25.7. The number of likely N-dealkylation sites (tertiary alicyclic amines) is 1. The van der Waals surface area contributed by atoms with Crippen LogP contribution in [0.1, 0.15) is 23.2 Å². The van der Waals surface area contributed by atoms with Crippen LogP contribution in [-0.4, -0.2) is 76.2 Å². The summed E-state index contributed by atoms with van der Waals surface area (Å²) in [5.41, 5.74) is 1.90. The summed E-state index contributed by atoms with van der Waals surface area (Å²) in [6.07, 6.45) is 1.98. The number of carbonyl (C=O) groups is 1. The Morgan fingerprint density at radius 2 is 1.87 bits per heavy atom. The summed E-state index contributed by atoms with van der Waals surface area (Å²) in [5.74, 6) is 2.40. The fourth-order valence-electron chi connectivity index (χ4n) is 5.34. The van der Waals surface area contributed by atoms with E-state index in [0.29, 0.717) is 46.7 Å². The topological polar surface area (TPSA) is 94.5 Å². The number of anilines is 1. The second-order valence-corrected chi connectivity index (χ2v) is 9.58. The summed E-state index contributed by atoms with van der Waals surface area (Å²) < 4.78 is 23.8. The highest BCUT2D eigenvalue weighted by molar-refractivity contribution is 6.06. The molecule has 2 aliphatic heterocycles. The molecule has 3 aromatic rings. The lowest BCUT2D eigenvalue weighted by molar-refractivity contribution is 0.0964. The van der Waals surface area contributed by atoms with Crippen molar-refractivity contribution in [1.82, 2.24) is 14.8 Å². The number of aromatic nitrogens is 1. The molecule has 0 aliphatic carbocycles. The molecule has 10 nitrogen and oxygen atoms in total. The molecule has 2 aliphatic rings. The Bertz CT molecular complexity index is 1400. The van der Waals surface area contributed by atoms with Gasteiger partial charge in [-0.2, -0.15) is 0 Å². The molecular weight excluding hydrogens is 488 g/mol. The largest absolute Gasteiger partial charge is 0.497 e. The maximum absolute atomic E-state index is 13.1. The predicted molar refractivity (Wildman–Crippen MR) is 145 cm³/mol. The predicted octanol–water partition coefficient (Wildman–Crippen LogP) is 2.71. The van der Waals surface area contributed by atoms with Crippen LogP contribution in [0.25, 0.3) is 10.9 Å². The highest BCUT2D eigenvalue weighted by atomic mass is 16.7. The van der Waals surface area contributed by atoms with Gasteiger partial charge in [-0.3, -0.25) is 9.59 Å². The molecule has 1 N–H and O–H groups in total. The maximum atomic E-state index is 13.1. The van der Waals surface area contributed by atoms with Gasteiger partial charge in [0.05, 0.1) is 25.3 Å². The summed E-state index contributed by atoms with van der Waals surface area (Å²) in [4.78, 5) is 30.1. The van der Waals surface area contributed by atoms with Gasteiger partial charge in [0, 0.05) is 81.7 Å². The summed E-state index contributed by atoms with van der Waals surface area (Å²) in [6.45, 7) is 3.30. The Labute approximate surface area is 221 Å². The van der Waals surface area contributed by atoms with Crippen LogP contribution >= 0.6 is 0 Å². The molecule has 5 rings (SSSR count). The third-order valence-electron chi connectivity index (χ3n) is 7.59. The van der Waals surface area contributed by atoms with E-state index < -0.39 is 0 Å². The average molecular weight is 523 g/mol. The number of nitrogens with zero attached hydrogens (tertiary/aromatic N) is 3. The summed E-state index contributed by atoms with van der Waals surface area (Å²) in [5, 5.41) is 3.35. The monoisotopic (exact) mass is 522 g/mol. The molecule has 2 aromatic carbocycles. The molecule has 10 heteroatoms. The zero-order chi connectivity index (χ0) is 26.8. The zero-order valence-corrected chi connectivity index (χ0v) is 22.3. The quantitative estimate of drug-likeness (QED) is 0.483. The molecule has 3 heterocycles. The van der Waals surface area contributed by atoms with E-state index in [-0.39, 0.29) is 18.3 Å². The molecule has 1 aromatic heterocycles. The number of ether oxygens (including phenoxy) is 4. The van der Waals surface area contributed by atoms with E-state index in [4.69, 9.17) is 18.9 Å². The van der Waals surface area contributed by atoms with Crippen LogP contribution in [0.15, 0.2) is 41.2 Å². The van der Waals surface area contributed by atoms with E-state index >= 15 is 0 Å². The molecule has 1 saturated heterocycles. The van der Waals surface area contributed by atoms with Gasteiger partial charge in [0.1, 0.15) is 5.75 Å². The Morgan fingerprint density at radius 3 is 2.58 bits per heavy atom. The number of rotatable bonds is 8. The molecule has 0 bridgehead atoms. The minimum atomic E-state index is -0.282. The Morgan fingerprint density at radius 1 is 1.08 bits per heavy atom. The van der Waals surface area contributed by atoms with E-state index in [1.807, 2.05) is 24.3 Å². The van der Waals surface area contributed by atoms with E-state index in [9.17, 15) is 9.59 Å². The van der Waals surface area contributed by atoms with Gasteiger partial charge in [0.2, 0.25) is 12.5 Å². The number of methoxy groups -OCH3 is 2. The van der Waals surface area contributed by atoms with Crippen molar-refractivity contribution in [1.29, 1.82) is 0 Å². The molecule has 38 heavy (non-hydrogen) atoms. The molecule has 0 spiro atoms. The number of pyridine rings is 1. The fourth-order valence-corrected chi connectivity index (χ4v) is 5.34.